The van der Waals surface area contributed by atoms with Gasteiger partial charge in [-0.25, -0.2) is 4.79 Å². The van der Waals surface area contributed by atoms with Gasteiger partial charge in [0.15, 0.2) is 0 Å². The molecule has 1 heterocycles. The summed E-state index contributed by atoms with van der Waals surface area (Å²) < 4.78 is 0. The maximum atomic E-state index is 11.3. The second-order valence-corrected chi connectivity index (χ2v) is 2.94. The van der Waals surface area contributed by atoms with Crippen LogP contribution in [-0.4, -0.2) is 23.0 Å². The Morgan fingerprint density at radius 1 is 1.27 bits per heavy atom. The minimum Gasteiger partial charge on any atom is -0.465 e. The van der Waals surface area contributed by atoms with E-state index in [1.54, 1.807) is 0 Å². The maximum Gasteiger partial charge on any atom is 0.409 e. The Morgan fingerprint density at radius 3 is 2.67 bits per heavy atom. The van der Waals surface area contributed by atoms with Crippen LogP contribution in [0.25, 0.3) is 0 Å². The molecule has 0 bridgehead atoms. The molecule has 6 nitrogen and oxygen atoms in total. The van der Waals surface area contributed by atoms with Crippen molar-refractivity contribution in [1.82, 2.24) is 5.32 Å². The smallest absolute Gasteiger partial charge is 0.409 e. The molecule has 1 aliphatic heterocycles. The molecule has 1 aliphatic rings. The average molecular weight is 206 g/mol. The van der Waals surface area contributed by atoms with E-state index in [4.69, 9.17) is 5.11 Å². The number of benzene rings is 1. The minimum absolute atomic E-state index is 0.0740. The molecule has 6 heteroatoms. The molecule has 0 aromatic heterocycles. The van der Waals surface area contributed by atoms with Crippen LogP contribution in [0.5, 0.6) is 0 Å². The number of hydrogen-bond acceptors (Lipinski definition) is 3. The van der Waals surface area contributed by atoms with Gasteiger partial charge in [0.2, 0.25) is 0 Å². The van der Waals surface area contributed by atoms with E-state index in [1.165, 1.54) is 18.2 Å². The standard InChI is InChI=1S/C9H6N2O4/c12-7-4-2-1-3-5(10-9(14)15)6(4)8(13)11-7/h1-3,10H,(H,14,15)(H,11,12,13). The first kappa shape index (κ1) is 9.20. The average Bonchev–Trinajstić information content (AvgIpc) is 2.43. The van der Waals surface area contributed by atoms with E-state index in [1.807, 2.05) is 0 Å². The third-order valence-corrected chi connectivity index (χ3v) is 2.00. The van der Waals surface area contributed by atoms with Crippen LogP contribution in [0.1, 0.15) is 20.7 Å². The number of anilines is 1. The highest BCUT2D eigenvalue weighted by Crippen LogP contribution is 2.23. The summed E-state index contributed by atoms with van der Waals surface area (Å²) in [6, 6.07) is 4.38. The molecule has 0 unspecified atom stereocenters. The van der Waals surface area contributed by atoms with Crippen LogP contribution in [0.3, 0.4) is 0 Å². The highest BCUT2D eigenvalue weighted by Gasteiger charge is 2.29. The van der Waals surface area contributed by atoms with Gasteiger partial charge in [0, 0.05) is 0 Å². The SMILES string of the molecule is O=C(O)Nc1cccc2c1C(=O)NC2=O. The van der Waals surface area contributed by atoms with Crippen molar-refractivity contribution >= 4 is 23.6 Å². The van der Waals surface area contributed by atoms with Crippen molar-refractivity contribution in [3.8, 4) is 0 Å². The number of fused-ring (bicyclic) bond motifs is 1. The molecule has 15 heavy (non-hydrogen) atoms. The molecule has 3 N–H and O–H groups in total. The van der Waals surface area contributed by atoms with Gasteiger partial charge in [0.25, 0.3) is 11.8 Å². The van der Waals surface area contributed by atoms with Gasteiger partial charge < -0.3 is 5.11 Å². The zero-order valence-corrected chi connectivity index (χ0v) is 7.40. The molecule has 3 amide bonds. The molecule has 0 aliphatic carbocycles. The van der Waals surface area contributed by atoms with Crippen LogP contribution in [0, 0.1) is 0 Å². The summed E-state index contributed by atoms with van der Waals surface area (Å²) in [6.45, 7) is 0. The van der Waals surface area contributed by atoms with E-state index >= 15 is 0 Å². The fraction of sp³-hybridized carbons (Fsp3) is 0. The first-order valence-electron chi connectivity index (χ1n) is 4.08. The highest BCUT2D eigenvalue weighted by molar-refractivity contribution is 6.24. The van der Waals surface area contributed by atoms with Crippen molar-refractivity contribution < 1.29 is 19.5 Å². The van der Waals surface area contributed by atoms with Gasteiger partial charge in [-0.2, -0.15) is 0 Å². The molecule has 0 radical (unpaired) electrons. The molecular formula is C9H6N2O4. The van der Waals surface area contributed by atoms with Gasteiger partial charge in [-0.1, -0.05) is 6.07 Å². The number of rotatable bonds is 1. The lowest BCUT2D eigenvalue weighted by molar-refractivity contribution is 0.0880. The number of hydrogen-bond donors (Lipinski definition) is 3. The Hall–Kier alpha value is -2.37. The molecular weight excluding hydrogens is 200 g/mol. The van der Waals surface area contributed by atoms with Gasteiger partial charge in [-0.15, -0.1) is 0 Å². The van der Waals surface area contributed by atoms with E-state index in [0.29, 0.717) is 0 Å². The monoisotopic (exact) mass is 206 g/mol. The largest absolute Gasteiger partial charge is 0.465 e. The zero-order chi connectivity index (χ0) is 11.0. The van der Waals surface area contributed by atoms with Crippen molar-refractivity contribution in [3.05, 3.63) is 29.3 Å². The first-order chi connectivity index (χ1) is 7.09. The third kappa shape index (κ3) is 1.41. The van der Waals surface area contributed by atoms with Gasteiger partial charge >= 0.3 is 6.09 Å². The fourth-order valence-electron chi connectivity index (χ4n) is 1.44. The van der Waals surface area contributed by atoms with Crippen LogP contribution in [0.15, 0.2) is 18.2 Å². The summed E-state index contributed by atoms with van der Waals surface area (Å²) in [7, 11) is 0. The van der Waals surface area contributed by atoms with Gasteiger partial charge in [-0.3, -0.25) is 20.2 Å². The first-order valence-corrected chi connectivity index (χ1v) is 4.08. The number of carboxylic acid groups (broad SMARTS) is 1. The lowest BCUT2D eigenvalue weighted by atomic mass is 10.1. The van der Waals surface area contributed by atoms with Crippen molar-refractivity contribution in [1.29, 1.82) is 0 Å². The predicted octanol–water partition coefficient (Wildman–Crippen LogP) is 0.660. The normalized spacial score (nSPS) is 13.3. The lowest BCUT2D eigenvalue weighted by Crippen LogP contribution is -2.20. The second kappa shape index (κ2) is 3.09. The summed E-state index contributed by atoms with van der Waals surface area (Å²) in [5.41, 5.74) is 0.375. The van der Waals surface area contributed by atoms with E-state index in [2.05, 4.69) is 10.6 Å². The van der Waals surface area contributed by atoms with E-state index in [0.717, 1.165) is 0 Å². The molecule has 0 fully saturated rings. The second-order valence-electron chi connectivity index (χ2n) is 2.94. The number of nitrogens with one attached hydrogen (secondary N) is 2. The summed E-state index contributed by atoms with van der Waals surface area (Å²) in [5, 5.41) is 12.7. The fourth-order valence-corrected chi connectivity index (χ4v) is 1.44. The minimum atomic E-state index is -1.28. The molecule has 2 rings (SSSR count). The van der Waals surface area contributed by atoms with Crippen molar-refractivity contribution in [2.75, 3.05) is 5.32 Å². The van der Waals surface area contributed by atoms with Crippen LogP contribution in [0.4, 0.5) is 10.5 Å². The summed E-state index contributed by atoms with van der Waals surface area (Å²) in [6.07, 6.45) is -1.28. The topological polar surface area (TPSA) is 95.5 Å². The van der Waals surface area contributed by atoms with Crippen LogP contribution in [-0.2, 0) is 0 Å². The molecule has 0 saturated heterocycles. The zero-order valence-electron chi connectivity index (χ0n) is 7.40. The molecule has 0 saturated carbocycles. The number of carbonyl (C=O) groups is 3. The van der Waals surface area contributed by atoms with Crippen LogP contribution in [0.2, 0.25) is 0 Å². The Morgan fingerprint density at radius 2 is 2.00 bits per heavy atom. The number of amides is 3. The molecule has 1 aromatic carbocycles. The van der Waals surface area contributed by atoms with Crippen molar-refractivity contribution in [2.24, 2.45) is 0 Å². The van der Waals surface area contributed by atoms with Crippen LogP contribution < -0.4 is 10.6 Å². The molecule has 1 aromatic rings. The Labute approximate surface area is 83.9 Å². The Balaban J connectivity index is 2.55. The van der Waals surface area contributed by atoms with E-state index in [9.17, 15) is 14.4 Å². The van der Waals surface area contributed by atoms with E-state index < -0.39 is 17.9 Å². The van der Waals surface area contributed by atoms with E-state index in [-0.39, 0.29) is 16.8 Å². The maximum absolute atomic E-state index is 11.3. The third-order valence-electron chi connectivity index (χ3n) is 2.00. The Bertz CT molecular complexity index is 481. The van der Waals surface area contributed by atoms with Crippen LogP contribution >= 0.6 is 0 Å². The predicted molar refractivity (Wildman–Crippen MR) is 49.9 cm³/mol. The summed E-state index contributed by atoms with van der Waals surface area (Å²) in [4.78, 5) is 32.9. The summed E-state index contributed by atoms with van der Waals surface area (Å²) in [5.74, 6) is -1.09. The highest BCUT2D eigenvalue weighted by atomic mass is 16.4. The molecule has 0 atom stereocenters. The number of carbonyl (C=O) groups excluding carboxylic acids is 2. The van der Waals surface area contributed by atoms with Gasteiger partial charge in [0.1, 0.15) is 0 Å². The van der Waals surface area contributed by atoms with Gasteiger partial charge in [0.05, 0.1) is 16.8 Å². The molecule has 0 spiro atoms. The number of imide groups is 1. The van der Waals surface area contributed by atoms with Crippen molar-refractivity contribution in [2.45, 2.75) is 0 Å². The van der Waals surface area contributed by atoms with Crippen molar-refractivity contribution in [3.63, 3.8) is 0 Å². The lowest BCUT2D eigenvalue weighted by Gasteiger charge is -2.03. The quantitative estimate of drug-likeness (QED) is 0.588. The Kier molecular flexibility index (Phi) is 1.89. The van der Waals surface area contributed by atoms with Gasteiger partial charge in [-0.05, 0) is 12.1 Å². The molecule has 76 valence electrons. The summed E-state index contributed by atoms with van der Waals surface area (Å²) >= 11 is 0.